The zero-order valence-electron chi connectivity index (χ0n) is 21.7. The highest BCUT2D eigenvalue weighted by Gasteiger charge is 2.24. The Labute approximate surface area is 239 Å². The Morgan fingerprint density at radius 3 is 2.39 bits per heavy atom. The fourth-order valence-electron chi connectivity index (χ4n) is 5.02. The van der Waals surface area contributed by atoms with Crippen LogP contribution in [0.25, 0.3) is 0 Å². The summed E-state index contributed by atoms with van der Waals surface area (Å²) in [6.45, 7) is 6.54. The van der Waals surface area contributed by atoms with Gasteiger partial charge in [0.05, 0.1) is 4.90 Å². The number of nitrogens with one attached hydrogen (secondary N) is 1. The van der Waals surface area contributed by atoms with Gasteiger partial charge in [0.1, 0.15) is 5.75 Å². The smallest absolute Gasteiger partial charge is 0.175 e. The lowest BCUT2D eigenvalue weighted by Gasteiger charge is -2.35. The summed E-state index contributed by atoms with van der Waals surface area (Å²) in [6.07, 6.45) is 11.5. The van der Waals surface area contributed by atoms with Gasteiger partial charge in [-0.05, 0) is 106 Å². The number of sulfone groups is 1. The summed E-state index contributed by atoms with van der Waals surface area (Å²) in [4.78, 5) is 3.06. The molecule has 0 aliphatic heterocycles. The van der Waals surface area contributed by atoms with Crippen molar-refractivity contribution in [1.82, 2.24) is 10.2 Å². The maximum atomic E-state index is 11.5. The zero-order chi connectivity index (χ0) is 24.4. The molecule has 2 N–H and O–H groups in total. The molecule has 0 fully saturated rings. The maximum Gasteiger partial charge on any atom is 0.175 e. The van der Waals surface area contributed by atoms with Gasteiger partial charge in [0.2, 0.25) is 0 Å². The van der Waals surface area contributed by atoms with Crippen molar-refractivity contribution in [2.45, 2.75) is 75.6 Å². The van der Waals surface area contributed by atoms with Gasteiger partial charge in [0, 0.05) is 12.3 Å². The second-order valence-electron chi connectivity index (χ2n) is 9.68. The van der Waals surface area contributed by atoms with Crippen molar-refractivity contribution in [3.8, 4) is 5.75 Å². The molecule has 0 spiro atoms. The molecule has 0 saturated carbocycles. The van der Waals surface area contributed by atoms with Crippen LogP contribution in [0.5, 0.6) is 5.75 Å². The van der Waals surface area contributed by atoms with Gasteiger partial charge in [0.15, 0.2) is 9.84 Å². The average molecular weight is 649 g/mol. The molecule has 1 aliphatic rings. The van der Waals surface area contributed by atoms with Gasteiger partial charge < -0.3 is 15.3 Å². The molecule has 8 heteroatoms. The lowest BCUT2D eigenvalue weighted by molar-refractivity contribution is 0.175. The van der Waals surface area contributed by atoms with Crippen molar-refractivity contribution in [3.05, 3.63) is 59.2 Å². The van der Waals surface area contributed by atoms with E-state index >= 15 is 0 Å². The van der Waals surface area contributed by atoms with E-state index in [0.29, 0.717) is 16.7 Å². The van der Waals surface area contributed by atoms with Crippen LogP contribution in [0.1, 0.15) is 62.1 Å². The van der Waals surface area contributed by atoms with Crippen LogP contribution in [-0.2, 0) is 29.1 Å². The first-order chi connectivity index (χ1) is 16.4. The Morgan fingerprint density at radius 1 is 0.972 bits per heavy atom. The topological polar surface area (TPSA) is 69.6 Å². The van der Waals surface area contributed by atoms with Gasteiger partial charge in [-0.15, -0.1) is 34.0 Å². The highest BCUT2D eigenvalue weighted by atomic mass is 79.9. The van der Waals surface area contributed by atoms with E-state index < -0.39 is 9.84 Å². The number of nitrogens with zero attached hydrogens (tertiary/aromatic N) is 1. The average Bonchev–Trinajstić information content (AvgIpc) is 2.82. The number of phenols is 1. The molecule has 1 unspecified atom stereocenters. The van der Waals surface area contributed by atoms with Crippen molar-refractivity contribution in [2.75, 3.05) is 32.4 Å². The lowest BCUT2D eigenvalue weighted by Crippen LogP contribution is -2.40. The molecule has 36 heavy (non-hydrogen) atoms. The molecular formula is C28H44Br2N2O3S. The standard InChI is InChI=1S/C28H42N2O3S.2BrH/c1-3-20-30(25-13-16-27-24(22-25)9-8-10-28(27)31)21-7-5-4-6-18-29-19-17-23-11-14-26(15-12-23)34(2,32)33;;/h8-12,14-15,25,29,31H,3-7,13,16-22H2,1-2H3;2*1H. The van der Waals surface area contributed by atoms with E-state index in [1.165, 1.54) is 50.5 Å². The maximum absolute atomic E-state index is 11.5. The molecule has 0 heterocycles. The minimum Gasteiger partial charge on any atom is -0.508 e. The summed E-state index contributed by atoms with van der Waals surface area (Å²) in [6, 6.07) is 13.8. The predicted molar refractivity (Wildman–Crippen MR) is 161 cm³/mol. The fraction of sp³-hybridized carbons (Fsp3) is 0.571. The van der Waals surface area contributed by atoms with Crippen molar-refractivity contribution in [3.63, 3.8) is 0 Å². The van der Waals surface area contributed by atoms with Gasteiger partial charge in [-0.1, -0.05) is 44.0 Å². The van der Waals surface area contributed by atoms with Crippen LogP contribution < -0.4 is 5.32 Å². The van der Waals surface area contributed by atoms with Crippen molar-refractivity contribution >= 4 is 43.8 Å². The van der Waals surface area contributed by atoms with Crippen LogP contribution in [0.15, 0.2) is 47.4 Å². The first-order valence-corrected chi connectivity index (χ1v) is 14.8. The molecule has 204 valence electrons. The van der Waals surface area contributed by atoms with E-state index in [1.807, 2.05) is 24.3 Å². The number of rotatable bonds is 14. The van der Waals surface area contributed by atoms with Crippen molar-refractivity contribution in [2.24, 2.45) is 0 Å². The summed E-state index contributed by atoms with van der Waals surface area (Å²) >= 11 is 0. The van der Waals surface area contributed by atoms with Gasteiger partial charge in [0.25, 0.3) is 0 Å². The molecule has 0 saturated heterocycles. The highest BCUT2D eigenvalue weighted by Crippen LogP contribution is 2.30. The quantitative estimate of drug-likeness (QED) is 0.250. The third kappa shape index (κ3) is 10.4. The summed E-state index contributed by atoms with van der Waals surface area (Å²) in [5, 5.41) is 13.6. The molecule has 0 aromatic heterocycles. The van der Waals surface area contributed by atoms with E-state index in [4.69, 9.17) is 0 Å². The largest absolute Gasteiger partial charge is 0.508 e. The Balaban J connectivity index is 0.00000324. The Morgan fingerprint density at radius 2 is 1.69 bits per heavy atom. The summed E-state index contributed by atoms with van der Waals surface area (Å²) in [7, 11) is -3.12. The number of unbranched alkanes of at least 4 members (excludes halogenated alkanes) is 3. The molecule has 0 radical (unpaired) electrons. The number of hydrogen-bond donors (Lipinski definition) is 2. The number of hydrogen-bond acceptors (Lipinski definition) is 5. The van der Waals surface area contributed by atoms with Gasteiger partial charge >= 0.3 is 0 Å². The summed E-state index contributed by atoms with van der Waals surface area (Å²) in [5.74, 6) is 0.469. The molecule has 1 atom stereocenters. The van der Waals surface area contributed by atoms with Gasteiger partial charge in [-0.2, -0.15) is 0 Å². The molecule has 3 rings (SSSR count). The van der Waals surface area contributed by atoms with E-state index in [1.54, 1.807) is 12.1 Å². The molecule has 0 bridgehead atoms. The summed E-state index contributed by atoms with van der Waals surface area (Å²) in [5.41, 5.74) is 3.65. The second-order valence-corrected chi connectivity index (χ2v) is 11.7. The third-order valence-corrected chi connectivity index (χ3v) is 8.08. The number of fused-ring (bicyclic) bond motifs is 1. The van der Waals surface area contributed by atoms with Crippen LogP contribution in [0.4, 0.5) is 0 Å². The normalized spacial score (nSPS) is 15.1. The molecular weight excluding hydrogens is 604 g/mol. The Bertz CT molecular complexity index is 1000. The van der Waals surface area contributed by atoms with Crippen LogP contribution in [0, 0.1) is 0 Å². The van der Waals surface area contributed by atoms with Crippen LogP contribution in [-0.4, -0.2) is 56.9 Å². The van der Waals surface area contributed by atoms with Crippen LogP contribution >= 0.6 is 34.0 Å². The number of halogens is 2. The van der Waals surface area contributed by atoms with Crippen molar-refractivity contribution < 1.29 is 13.5 Å². The molecule has 0 amide bonds. The monoisotopic (exact) mass is 646 g/mol. The molecule has 1 aliphatic carbocycles. The SMILES string of the molecule is Br.Br.CCCN(CCCCCCNCCc1ccc(S(C)(=O)=O)cc1)C1CCc2c(O)cccc2C1. The lowest BCUT2D eigenvalue weighted by atomic mass is 9.86. The summed E-state index contributed by atoms with van der Waals surface area (Å²) < 4.78 is 23.1. The van der Waals surface area contributed by atoms with E-state index in [-0.39, 0.29) is 34.0 Å². The van der Waals surface area contributed by atoms with Crippen LogP contribution in [0.3, 0.4) is 0 Å². The number of benzene rings is 2. The number of aromatic hydroxyl groups is 1. The molecule has 5 nitrogen and oxygen atoms in total. The van der Waals surface area contributed by atoms with Gasteiger partial charge in [-0.3, -0.25) is 0 Å². The Hall–Kier alpha value is -0.930. The van der Waals surface area contributed by atoms with Gasteiger partial charge in [-0.25, -0.2) is 8.42 Å². The van der Waals surface area contributed by atoms with E-state index in [2.05, 4.69) is 23.2 Å². The third-order valence-electron chi connectivity index (χ3n) is 6.95. The minimum atomic E-state index is -3.12. The fourth-order valence-corrected chi connectivity index (χ4v) is 5.65. The second kappa shape index (κ2) is 16.8. The molecule has 2 aromatic carbocycles. The Kier molecular flexibility index (Phi) is 15.5. The predicted octanol–water partition coefficient (Wildman–Crippen LogP) is 5.91. The van der Waals surface area contributed by atoms with Crippen LogP contribution in [0.2, 0.25) is 0 Å². The minimum absolute atomic E-state index is 0. The van der Waals surface area contributed by atoms with E-state index in [9.17, 15) is 13.5 Å². The highest BCUT2D eigenvalue weighted by molar-refractivity contribution is 8.93. The van der Waals surface area contributed by atoms with Crippen molar-refractivity contribution in [1.29, 1.82) is 0 Å². The first-order valence-electron chi connectivity index (χ1n) is 12.9. The zero-order valence-corrected chi connectivity index (χ0v) is 26.0. The first kappa shape index (κ1) is 33.1. The van der Waals surface area contributed by atoms with E-state index in [0.717, 1.165) is 56.4 Å². The number of phenolic OH excluding ortho intramolecular Hbond substituents is 1. The molecule has 2 aromatic rings.